The molecule has 160 valence electrons. The van der Waals surface area contributed by atoms with Crippen molar-refractivity contribution in [3.63, 3.8) is 0 Å². The lowest BCUT2D eigenvalue weighted by Gasteiger charge is -2.55. The van der Waals surface area contributed by atoms with Gasteiger partial charge in [-0.1, -0.05) is 36.4 Å². The fraction of sp³-hybridized carbons (Fsp3) is 0.440. The molecule has 0 aliphatic carbocycles. The second kappa shape index (κ2) is 8.60. The molecule has 0 saturated carbocycles. The quantitative estimate of drug-likeness (QED) is 0.682. The number of carbonyl (C=O) groups is 2. The SMILES string of the molecule is CC1(C)CC(c2ccccc2C(=O)O)CC(C)(C)N1CCOC(=O)c1ccccc1. The third-order valence-corrected chi connectivity index (χ3v) is 6.14. The maximum atomic E-state index is 12.3. The maximum absolute atomic E-state index is 12.3. The summed E-state index contributed by atoms with van der Waals surface area (Å²) in [6.07, 6.45) is 1.68. The molecule has 1 heterocycles. The van der Waals surface area contributed by atoms with Crippen LogP contribution < -0.4 is 0 Å². The zero-order chi connectivity index (χ0) is 21.9. The standard InChI is InChI=1S/C25H31NO4/c1-24(2)16-19(20-12-8-9-13-21(20)22(27)28)17-25(3,4)26(24)14-15-30-23(29)18-10-6-5-7-11-18/h5-13,19H,14-17H2,1-4H3,(H,27,28). The lowest BCUT2D eigenvalue weighted by molar-refractivity contribution is -0.0483. The van der Waals surface area contributed by atoms with Gasteiger partial charge in [-0.05, 0) is 70.2 Å². The molecule has 5 nitrogen and oxygen atoms in total. The highest BCUT2D eigenvalue weighted by Crippen LogP contribution is 2.46. The minimum Gasteiger partial charge on any atom is -0.478 e. The smallest absolute Gasteiger partial charge is 0.338 e. The Kier molecular flexibility index (Phi) is 6.32. The number of esters is 1. The first-order chi connectivity index (χ1) is 14.1. The van der Waals surface area contributed by atoms with Crippen LogP contribution in [-0.4, -0.2) is 46.2 Å². The van der Waals surface area contributed by atoms with Crippen LogP contribution in [0.4, 0.5) is 0 Å². The molecule has 1 N–H and O–H groups in total. The Balaban J connectivity index is 1.71. The van der Waals surface area contributed by atoms with Crippen LogP contribution in [0, 0.1) is 0 Å². The van der Waals surface area contributed by atoms with Gasteiger partial charge in [0.1, 0.15) is 6.61 Å². The first-order valence-electron chi connectivity index (χ1n) is 10.4. The summed E-state index contributed by atoms with van der Waals surface area (Å²) >= 11 is 0. The molecule has 2 aromatic carbocycles. The van der Waals surface area contributed by atoms with Gasteiger partial charge in [0, 0.05) is 17.6 Å². The average Bonchev–Trinajstić information content (AvgIpc) is 2.69. The number of carbonyl (C=O) groups excluding carboxylic acids is 1. The molecule has 1 aliphatic heterocycles. The van der Waals surface area contributed by atoms with Gasteiger partial charge >= 0.3 is 11.9 Å². The highest BCUT2D eigenvalue weighted by molar-refractivity contribution is 5.90. The zero-order valence-electron chi connectivity index (χ0n) is 18.2. The van der Waals surface area contributed by atoms with Gasteiger partial charge in [-0.25, -0.2) is 9.59 Å². The van der Waals surface area contributed by atoms with Crippen molar-refractivity contribution in [1.82, 2.24) is 4.90 Å². The highest BCUT2D eigenvalue weighted by Gasteiger charge is 2.45. The van der Waals surface area contributed by atoms with E-state index in [-0.39, 0.29) is 23.0 Å². The number of nitrogens with zero attached hydrogens (tertiary/aromatic N) is 1. The number of likely N-dealkylation sites (tertiary alicyclic amines) is 1. The molecule has 0 amide bonds. The maximum Gasteiger partial charge on any atom is 0.338 e. The Morgan fingerprint density at radius 3 is 2.13 bits per heavy atom. The molecule has 0 atom stereocenters. The Morgan fingerprint density at radius 2 is 1.53 bits per heavy atom. The van der Waals surface area contributed by atoms with Gasteiger partial charge in [0.05, 0.1) is 11.1 Å². The average molecular weight is 410 g/mol. The van der Waals surface area contributed by atoms with Gasteiger partial charge in [0.2, 0.25) is 0 Å². The number of benzene rings is 2. The zero-order valence-corrected chi connectivity index (χ0v) is 18.2. The minimum absolute atomic E-state index is 0.158. The Labute approximate surface area is 178 Å². The van der Waals surface area contributed by atoms with Crippen LogP contribution in [-0.2, 0) is 4.74 Å². The van der Waals surface area contributed by atoms with Gasteiger partial charge in [0.15, 0.2) is 0 Å². The minimum atomic E-state index is -0.878. The molecule has 0 aromatic heterocycles. The van der Waals surface area contributed by atoms with E-state index >= 15 is 0 Å². The monoisotopic (exact) mass is 409 g/mol. The number of rotatable bonds is 6. The summed E-state index contributed by atoms with van der Waals surface area (Å²) in [5, 5.41) is 9.61. The van der Waals surface area contributed by atoms with Crippen LogP contribution in [0.2, 0.25) is 0 Å². The van der Waals surface area contributed by atoms with E-state index < -0.39 is 5.97 Å². The van der Waals surface area contributed by atoms with Crippen LogP contribution in [0.25, 0.3) is 0 Å². The first kappa shape index (κ1) is 22.0. The van der Waals surface area contributed by atoms with Crippen molar-refractivity contribution in [2.24, 2.45) is 0 Å². The van der Waals surface area contributed by atoms with E-state index in [2.05, 4.69) is 32.6 Å². The molecular weight excluding hydrogens is 378 g/mol. The molecule has 0 spiro atoms. The Hall–Kier alpha value is -2.66. The van der Waals surface area contributed by atoms with Crippen molar-refractivity contribution in [3.05, 3.63) is 71.3 Å². The molecule has 2 aromatic rings. The molecule has 0 bridgehead atoms. The topological polar surface area (TPSA) is 66.8 Å². The van der Waals surface area contributed by atoms with Crippen LogP contribution in [0.1, 0.15) is 72.7 Å². The fourth-order valence-electron chi connectivity index (χ4n) is 5.08. The van der Waals surface area contributed by atoms with Gasteiger partial charge in [-0.3, -0.25) is 4.90 Å². The Bertz CT molecular complexity index is 886. The van der Waals surface area contributed by atoms with Crippen molar-refractivity contribution in [1.29, 1.82) is 0 Å². The summed E-state index contributed by atoms with van der Waals surface area (Å²) in [5.41, 5.74) is 1.51. The second-order valence-corrected chi connectivity index (χ2v) is 9.28. The lowest BCUT2D eigenvalue weighted by Crippen LogP contribution is -2.61. The summed E-state index contributed by atoms with van der Waals surface area (Å²) in [7, 11) is 0. The molecular formula is C25H31NO4. The van der Waals surface area contributed by atoms with Gasteiger partial charge in [-0.2, -0.15) is 0 Å². The van der Waals surface area contributed by atoms with Crippen molar-refractivity contribution >= 4 is 11.9 Å². The molecule has 1 fully saturated rings. The van der Waals surface area contributed by atoms with E-state index in [1.54, 1.807) is 24.3 Å². The number of hydrogen-bond donors (Lipinski definition) is 1. The van der Waals surface area contributed by atoms with Gasteiger partial charge in [0.25, 0.3) is 0 Å². The molecule has 30 heavy (non-hydrogen) atoms. The van der Waals surface area contributed by atoms with Crippen molar-refractivity contribution in [2.75, 3.05) is 13.2 Å². The highest BCUT2D eigenvalue weighted by atomic mass is 16.5. The third kappa shape index (κ3) is 4.73. The number of ether oxygens (including phenoxy) is 1. The predicted octanol–water partition coefficient (Wildman–Crippen LogP) is 4.98. The van der Waals surface area contributed by atoms with E-state index in [1.807, 2.05) is 30.3 Å². The van der Waals surface area contributed by atoms with Crippen LogP contribution in [0.5, 0.6) is 0 Å². The van der Waals surface area contributed by atoms with Crippen LogP contribution >= 0.6 is 0 Å². The van der Waals surface area contributed by atoms with Crippen molar-refractivity contribution in [3.8, 4) is 0 Å². The third-order valence-electron chi connectivity index (χ3n) is 6.14. The predicted molar refractivity (Wildman–Crippen MR) is 117 cm³/mol. The lowest BCUT2D eigenvalue weighted by atomic mass is 9.70. The largest absolute Gasteiger partial charge is 0.478 e. The molecule has 1 saturated heterocycles. The summed E-state index contributed by atoms with van der Waals surface area (Å²) in [5.74, 6) is -1.03. The molecule has 0 radical (unpaired) electrons. The van der Waals surface area contributed by atoms with Gasteiger partial charge in [-0.15, -0.1) is 0 Å². The summed E-state index contributed by atoms with van der Waals surface area (Å²) in [6.45, 7) is 9.68. The fourth-order valence-corrected chi connectivity index (χ4v) is 5.08. The summed E-state index contributed by atoms with van der Waals surface area (Å²) < 4.78 is 5.52. The number of piperidine rings is 1. The molecule has 0 unspecified atom stereocenters. The van der Waals surface area contributed by atoms with Gasteiger partial charge < -0.3 is 9.84 Å². The number of aromatic carboxylic acids is 1. The molecule has 3 rings (SSSR count). The second-order valence-electron chi connectivity index (χ2n) is 9.28. The summed E-state index contributed by atoms with van der Waals surface area (Å²) in [6, 6.07) is 16.3. The number of carboxylic acid groups (broad SMARTS) is 1. The Morgan fingerprint density at radius 1 is 0.967 bits per heavy atom. The van der Waals surface area contributed by atoms with E-state index in [0.29, 0.717) is 24.3 Å². The molecule has 1 aliphatic rings. The number of carboxylic acids is 1. The first-order valence-corrected chi connectivity index (χ1v) is 10.4. The normalized spacial score (nSPS) is 18.7. The molecule has 5 heteroatoms. The number of hydrogen-bond acceptors (Lipinski definition) is 4. The van der Waals surface area contributed by atoms with E-state index in [1.165, 1.54) is 0 Å². The van der Waals surface area contributed by atoms with E-state index in [4.69, 9.17) is 4.74 Å². The van der Waals surface area contributed by atoms with Crippen molar-refractivity contribution < 1.29 is 19.4 Å². The van der Waals surface area contributed by atoms with Crippen LogP contribution in [0.15, 0.2) is 54.6 Å². The van der Waals surface area contributed by atoms with Crippen LogP contribution in [0.3, 0.4) is 0 Å². The summed E-state index contributed by atoms with van der Waals surface area (Å²) in [4.78, 5) is 26.4. The van der Waals surface area contributed by atoms with E-state index in [0.717, 1.165) is 18.4 Å². The van der Waals surface area contributed by atoms with E-state index in [9.17, 15) is 14.7 Å². The van der Waals surface area contributed by atoms with Crippen molar-refractivity contribution in [2.45, 2.75) is 57.5 Å².